The van der Waals surface area contributed by atoms with Gasteiger partial charge in [-0.05, 0) is 61.6 Å². The fourth-order valence-corrected chi connectivity index (χ4v) is 3.80. The van der Waals surface area contributed by atoms with Crippen LogP contribution >= 0.6 is 15.9 Å². The van der Waals surface area contributed by atoms with E-state index in [-0.39, 0.29) is 18.4 Å². The van der Waals surface area contributed by atoms with Crippen LogP contribution in [0, 0.1) is 19.8 Å². The molecule has 1 aromatic heterocycles. The summed E-state index contributed by atoms with van der Waals surface area (Å²) >= 11 is 3.41. The van der Waals surface area contributed by atoms with E-state index in [9.17, 15) is 9.59 Å². The zero-order valence-corrected chi connectivity index (χ0v) is 21.9. The number of carbonyl (C=O) groups excluding carboxylic acids is 2. The molecule has 0 saturated carbocycles. The molecule has 184 valence electrons. The van der Waals surface area contributed by atoms with Crippen LogP contribution in [0.3, 0.4) is 0 Å². The summed E-state index contributed by atoms with van der Waals surface area (Å²) in [5.41, 5.74) is 5.33. The first-order chi connectivity index (χ1) is 16.7. The molecule has 2 aromatic carbocycles. The Morgan fingerprint density at radius 1 is 1.06 bits per heavy atom. The maximum absolute atomic E-state index is 12.7. The van der Waals surface area contributed by atoms with Crippen LogP contribution in [-0.2, 0) is 9.59 Å². The standard InChI is InChI=1S/C27H30BrN3O4/c1-17(2)14-23(30-25(32)16-34-26-18(3)6-5-7-19(26)4)27(33)31-29-15-22-12-13-24(35-22)20-8-10-21(28)11-9-20/h5-13,15,17,23H,14,16H2,1-4H3,(H,30,32)(H,31,33)/b29-15-/t23-/m1/s1. The number of hydrogen-bond acceptors (Lipinski definition) is 5. The Kier molecular flexibility index (Phi) is 9.25. The Balaban J connectivity index is 1.56. The van der Waals surface area contributed by atoms with E-state index in [0.29, 0.717) is 23.7 Å². The molecule has 2 N–H and O–H groups in total. The number of hydrogen-bond donors (Lipinski definition) is 2. The predicted molar refractivity (Wildman–Crippen MR) is 140 cm³/mol. The second-order valence-corrected chi connectivity index (χ2v) is 9.62. The van der Waals surface area contributed by atoms with E-state index >= 15 is 0 Å². The minimum Gasteiger partial charge on any atom is -0.483 e. The van der Waals surface area contributed by atoms with Gasteiger partial charge in [-0.25, -0.2) is 5.43 Å². The fourth-order valence-electron chi connectivity index (χ4n) is 3.53. The van der Waals surface area contributed by atoms with Gasteiger partial charge < -0.3 is 14.5 Å². The van der Waals surface area contributed by atoms with Crippen molar-refractivity contribution < 1.29 is 18.7 Å². The molecule has 0 unspecified atom stereocenters. The summed E-state index contributed by atoms with van der Waals surface area (Å²) in [6, 6.07) is 16.4. The van der Waals surface area contributed by atoms with E-state index in [1.165, 1.54) is 6.21 Å². The van der Waals surface area contributed by atoms with Gasteiger partial charge in [-0.3, -0.25) is 9.59 Å². The number of nitrogens with zero attached hydrogens (tertiary/aromatic N) is 1. The van der Waals surface area contributed by atoms with Crippen LogP contribution in [-0.4, -0.2) is 30.7 Å². The Morgan fingerprint density at radius 3 is 2.40 bits per heavy atom. The topological polar surface area (TPSA) is 92.9 Å². The van der Waals surface area contributed by atoms with Gasteiger partial charge in [0.1, 0.15) is 23.3 Å². The van der Waals surface area contributed by atoms with Crippen LogP contribution in [0.2, 0.25) is 0 Å². The Morgan fingerprint density at radius 2 is 1.74 bits per heavy atom. The third-order valence-electron chi connectivity index (χ3n) is 5.24. The lowest BCUT2D eigenvalue weighted by Gasteiger charge is -2.19. The van der Waals surface area contributed by atoms with Crippen molar-refractivity contribution in [1.82, 2.24) is 10.7 Å². The SMILES string of the molecule is Cc1cccc(C)c1OCC(=O)N[C@H](CC(C)C)C(=O)N/N=C\c1ccc(-c2ccc(Br)cc2)o1. The minimum atomic E-state index is -0.740. The fraction of sp³-hybridized carbons (Fsp3) is 0.296. The Hall–Kier alpha value is -3.39. The van der Waals surface area contributed by atoms with Crippen LogP contribution in [0.5, 0.6) is 5.75 Å². The van der Waals surface area contributed by atoms with Gasteiger partial charge in [-0.1, -0.05) is 60.1 Å². The number of carbonyl (C=O) groups is 2. The van der Waals surface area contributed by atoms with Gasteiger partial charge in [-0.15, -0.1) is 0 Å². The second-order valence-electron chi connectivity index (χ2n) is 8.70. The van der Waals surface area contributed by atoms with E-state index in [1.54, 1.807) is 6.07 Å². The third-order valence-corrected chi connectivity index (χ3v) is 5.77. The molecule has 1 atom stereocenters. The van der Waals surface area contributed by atoms with E-state index in [0.717, 1.165) is 21.2 Å². The molecule has 0 radical (unpaired) electrons. The van der Waals surface area contributed by atoms with Crippen LogP contribution in [0.4, 0.5) is 0 Å². The highest BCUT2D eigenvalue weighted by Crippen LogP contribution is 2.24. The first-order valence-electron chi connectivity index (χ1n) is 11.4. The predicted octanol–water partition coefficient (Wildman–Crippen LogP) is 5.39. The normalized spacial score (nSPS) is 12.1. The van der Waals surface area contributed by atoms with Crippen LogP contribution in [0.15, 0.2) is 68.6 Å². The van der Waals surface area contributed by atoms with Gasteiger partial charge in [0, 0.05) is 10.0 Å². The van der Waals surface area contributed by atoms with Crippen LogP contribution < -0.4 is 15.5 Å². The first-order valence-corrected chi connectivity index (χ1v) is 12.2. The van der Waals surface area contributed by atoms with Gasteiger partial charge in [0.15, 0.2) is 6.61 Å². The molecule has 3 aromatic rings. The van der Waals surface area contributed by atoms with Crippen LogP contribution in [0.25, 0.3) is 11.3 Å². The van der Waals surface area contributed by atoms with Gasteiger partial charge >= 0.3 is 0 Å². The molecule has 0 aliphatic carbocycles. The summed E-state index contributed by atoms with van der Waals surface area (Å²) in [5.74, 6) is 1.28. The number of amides is 2. The highest BCUT2D eigenvalue weighted by atomic mass is 79.9. The number of hydrazone groups is 1. The number of rotatable bonds is 10. The number of halogens is 1. The quantitative estimate of drug-likeness (QED) is 0.267. The summed E-state index contributed by atoms with van der Waals surface area (Å²) in [5, 5.41) is 6.77. The number of ether oxygens (including phenoxy) is 1. The van der Waals surface area contributed by atoms with E-state index in [2.05, 4.69) is 31.8 Å². The lowest BCUT2D eigenvalue weighted by molar-refractivity contribution is -0.130. The van der Waals surface area contributed by atoms with Crippen molar-refractivity contribution in [3.05, 3.63) is 76.0 Å². The zero-order valence-electron chi connectivity index (χ0n) is 20.3. The van der Waals surface area contributed by atoms with Crippen molar-refractivity contribution in [2.24, 2.45) is 11.0 Å². The van der Waals surface area contributed by atoms with Crippen molar-refractivity contribution in [2.75, 3.05) is 6.61 Å². The summed E-state index contributed by atoms with van der Waals surface area (Å²) in [7, 11) is 0. The number of benzene rings is 2. The van der Waals surface area contributed by atoms with Gasteiger partial charge in [0.05, 0.1) is 6.21 Å². The van der Waals surface area contributed by atoms with Crippen molar-refractivity contribution in [3.63, 3.8) is 0 Å². The average Bonchev–Trinajstić information content (AvgIpc) is 3.27. The molecule has 3 rings (SSSR count). The van der Waals surface area contributed by atoms with Gasteiger partial charge in [-0.2, -0.15) is 5.10 Å². The van der Waals surface area contributed by atoms with E-state index in [1.807, 2.05) is 76.2 Å². The van der Waals surface area contributed by atoms with E-state index < -0.39 is 11.9 Å². The minimum absolute atomic E-state index is 0.179. The highest BCUT2D eigenvalue weighted by molar-refractivity contribution is 9.10. The summed E-state index contributed by atoms with van der Waals surface area (Å²) in [6.07, 6.45) is 1.89. The molecule has 0 aliphatic rings. The molecule has 7 nitrogen and oxygen atoms in total. The van der Waals surface area contributed by atoms with Gasteiger partial charge in [0.2, 0.25) is 0 Å². The second kappa shape index (κ2) is 12.4. The smallest absolute Gasteiger partial charge is 0.262 e. The molecular weight excluding hydrogens is 510 g/mol. The maximum Gasteiger partial charge on any atom is 0.262 e. The number of furan rings is 1. The first kappa shape index (κ1) is 26.2. The number of para-hydroxylation sites is 1. The van der Waals surface area contributed by atoms with Crippen molar-refractivity contribution in [2.45, 2.75) is 40.2 Å². The highest BCUT2D eigenvalue weighted by Gasteiger charge is 2.22. The van der Waals surface area contributed by atoms with E-state index in [4.69, 9.17) is 9.15 Å². The molecular formula is C27H30BrN3O4. The van der Waals surface area contributed by atoms with Crippen LogP contribution in [0.1, 0.15) is 37.2 Å². The Bertz CT molecular complexity index is 1170. The monoisotopic (exact) mass is 539 g/mol. The molecule has 0 spiro atoms. The third kappa shape index (κ3) is 7.82. The maximum atomic E-state index is 12.7. The number of nitrogens with one attached hydrogen (secondary N) is 2. The molecule has 0 aliphatic heterocycles. The number of aryl methyl sites for hydroxylation is 2. The molecule has 1 heterocycles. The van der Waals surface area contributed by atoms with Crippen molar-refractivity contribution in [3.8, 4) is 17.1 Å². The Labute approximate surface area is 214 Å². The largest absolute Gasteiger partial charge is 0.483 e. The lowest BCUT2D eigenvalue weighted by Crippen LogP contribution is -2.47. The summed E-state index contributed by atoms with van der Waals surface area (Å²) < 4.78 is 12.5. The molecule has 35 heavy (non-hydrogen) atoms. The summed E-state index contributed by atoms with van der Waals surface area (Å²) in [6.45, 7) is 7.63. The lowest BCUT2D eigenvalue weighted by atomic mass is 10.0. The van der Waals surface area contributed by atoms with Crippen molar-refractivity contribution in [1.29, 1.82) is 0 Å². The van der Waals surface area contributed by atoms with Gasteiger partial charge in [0.25, 0.3) is 11.8 Å². The molecule has 2 amide bonds. The zero-order chi connectivity index (χ0) is 25.4. The molecule has 0 fully saturated rings. The average molecular weight is 540 g/mol. The molecule has 0 bridgehead atoms. The summed E-state index contributed by atoms with van der Waals surface area (Å²) in [4.78, 5) is 25.2. The molecule has 0 saturated heterocycles. The van der Waals surface area contributed by atoms with Crippen molar-refractivity contribution >= 4 is 34.0 Å². The molecule has 8 heteroatoms.